The van der Waals surface area contributed by atoms with Crippen molar-refractivity contribution >= 4 is 11.4 Å². The molecule has 2 aromatic carbocycles. The van der Waals surface area contributed by atoms with Gasteiger partial charge in [-0.25, -0.2) is 22.0 Å². The molecule has 3 nitrogen and oxygen atoms in total. The molecule has 8 heteroatoms. The number of ether oxygens (including phenoxy) is 1. The lowest BCUT2D eigenvalue weighted by Crippen LogP contribution is -2.00. The zero-order valence-corrected chi connectivity index (χ0v) is 16.9. The lowest BCUT2D eigenvalue weighted by molar-refractivity contribution is 0.304. The maximum absolute atomic E-state index is 13.6. The Hall–Kier alpha value is -2.51. The Morgan fingerprint density at radius 3 is 1.70 bits per heavy atom. The van der Waals surface area contributed by atoms with E-state index >= 15 is 0 Å². The second-order valence-corrected chi connectivity index (χ2v) is 6.94. The van der Waals surface area contributed by atoms with Crippen molar-refractivity contribution in [3.05, 3.63) is 53.4 Å². The summed E-state index contributed by atoms with van der Waals surface area (Å²) in [6, 6.07) is 6.13. The molecule has 2 aromatic rings. The van der Waals surface area contributed by atoms with Crippen LogP contribution in [0.25, 0.3) is 0 Å². The lowest BCUT2D eigenvalue weighted by atomic mass is 10.1. The fourth-order valence-corrected chi connectivity index (χ4v) is 2.82. The highest BCUT2D eigenvalue weighted by Gasteiger charge is 2.25. The van der Waals surface area contributed by atoms with Crippen molar-refractivity contribution in [1.82, 2.24) is 0 Å². The molecule has 164 valence electrons. The fourth-order valence-electron chi connectivity index (χ4n) is 2.82. The predicted octanol–water partition coefficient (Wildman–Crippen LogP) is 8.32. The predicted molar refractivity (Wildman–Crippen MR) is 105 cm³/mol. The standard InChI is InChI=1S/C22H25F5N2O/c1-2-3-4-5-6-7-8-9-14-30-16-12-10-15(11-13-16)28-29-22-20(26)18(24)17(23)19(25)21(22)27/h10-13H,2-9,14H2,1H3. The first-order valence-corrected chi connectivity index (χ1v) is 10.1. The smallest absolute Gasteiger partial charge is 0.200 e. The Morgan fingerprint density at radius 2 is 1.13 bits per heavy atom. The van der Waals surface area contributed by atoms with E-state index in [1.165, 1.54) is 50.7 Å². The average Bonchev–Trinajstić information content (AvgIpc) is 2.76. The number of benzene rings is 2. The van der Waals surface area contributed by atoms with Crippen molar-refractivity contribution in [3.63, 3.8) is 0 Å². The van der Waals surface area contributed by atoms with Crippen LogP contribution in [0.1, 0.15) is 58.3 Å². The maximum Gasteiger partial charge on any atom is 0.200 e. The molecule has 0 saturated carbocycles. The minimum Gasteiger partial charge on any atom is -0.494 e. The molecular formula is C22H25F5N2O. The van der Waals surface area contributed by atoms with E-state index in [1.54, 1.807) is 12.1 Å². The van der Waals surface area contributed by atoms with Crippen molar-refractivity contribution in [2.45, 2.75) is 58.3 Å². The molecule has 0 aliphatic heterocycles. The first-order chi connectivity index (χ1) is 14.5. The van der Waals surface area contributed by atoms with E-state index < -0.39 is 34.8 Å². The highest BCUT2D eigenvalue weighted by atomic mass is 19.2. The van der Waals surface area contributed by atoms with E-state index in [-0.39, 0.29) is 5.69 Å². The molecule has 0 spiro atoms. The summed E-state index contributed by atoms with van der Waals surface area (Å²) in [7, 11) is 0. The van der Waals surface area contributed by atoms with Crippen LogP contribution in [0.2, 0.25) is 0 Å². The molecule has 0 aromatic heterocycles. The molecule has 0 atom stereocenters. The summed E-state index contributed by atoms with van der Waals surface area (Å²) in [5.74, 6) is -9.82. The minimum atomic E-state index is -2.23. The van der Waals surface area contributed by atoms with Gasteiger partial charge >= 0.3 is 0 Å². The highest BCUT2D eigenvalue weighted by molar-refractivity contribution is 5.44. The zero-order valence-electron chi connectivity index (χ0n) is 16.9. The molecule has 0 aliphatic rings. The molecule has 30 heavy (non-hydrogen) atoms. The van der Waals surface area contributed by atoms with Crippen molar-refractivity contribution < 1.29 is 26.7 Å². The van der Waals surface area contributed by atoms with Crippen LogP contribution in [-0.4, -0.2) is 6.61 Å². The molecule has 2 rings (SSSR count). The third kappa shape index (κ3) is 6.78. The summed E-state index contributed by atoms with van der Waals surface area (Å²) in [4.78, 5) is 0. The van der Waals surface area contributed by atoms with Gasteiger partial charge in [0.05, 0.1) is 12.3 Å². The van der Waals surface area contributed by atoms with E-state index in [0.29, 0.717) is 12.4 Å². The third-order valence-electron chi connectivity index (χ3n) is 4.56. The number of halogens is 5. The molecule has 0 aliphatic carbocycles. The Balaban J connectivity index is 1.81. The first-order valence-electron chi connectivity index (χ1n) is 10.1. The van der Waals surface area contributed by atoms with Gasteiger partial charge in [0, 0.05) is 0 Å². The van der Waals surface area contributed by atoms with E-state index in [9.17, 15) is 22.0 Å². The van der Waals surface area contributed by atoms with Crippen LogP contribution in [0.4, 0.5) is 33.3 Å². The van der Waals surface area contributed by atoms with Gasteiger partial charge in [0.1, 0.15) is 5.75 Å². The summed E-state index contributed by atoms with van der Waals surface area (Å²) in [6.07, 6.45) is 9.56. The van der Waals surface area contributed by atoms with E-state index in [0.717, 1.165) is 12.8 Å². The van der Waals surface area contributed by atoms with Gasteiger partial charge in [0.2, 0.25) is 5.82 Å². The van der Waals surface area contributed by atoms with Gasteiger partial charge in [-0.05, 0) is 30.7 Å². The van der Waals surface area contributed by atoms with E-state index in [4.69, 9.17) is 4.74 Å². The third-order valence-corrected chi connectivity index (χ3v) is 4.56. The molecule has 0 unspecified atom stereocenters. The number of nitrogens with zero attached hydrogens (tertiary/aromatic N) is 2. The topological polar surface area (TPSA) is 34.0 Å². The Labute approximate surface area is 173 Å². The Kier molecular flexibility index (Phi) is 9.70. The number of rotatable bonds is 12. The lowest BCUT2D eigenvalue weighted by Gasteiger charge is -2.06. The Morgan fingerprint density at radius 1 is 0.633 bits per heavy atom. The molecule has 0 N–H and O–H groups in total. The Bertz CT molecular complexity index is 811. The van der Waals surface area contributed by atoms with E-state index in [1.807, 2.05) is 0 Å². The van der Waals surface area contributed by atoms with Crippen LogP contribution in [0.5, 0.6) is 5.75 Å². The molecule has 0 amide bonds. The van der Waals surface area contributed by atoms with Gasteiger partial charge in [-0.1, -0.05) is 51.9 Å². The van der Waals surface area contributed by atoms with Crippen LogP contribution in [-0.2, 0) is 0 Å². The van der Waals surface area contributed by atoms with Crippen LogP contribution in [0, 0.1) is 29.1 Å². The molecule has 0 heterocycles. The van der Waals surface area contributed by atoms with Gasteiger partial charge in [-0.2, -0.15) is 5.11 Å². The summed E-state index contributed by atoms with van der Waals surface area (Å²) < 4.78 is 72.1. The van der Waals surface area contributed by atoms with Gasteiger partial charge in [0.15, 0.2) is 29.0 Å². The summed E-state index contributed by atoms with van der Waals surface area (Å²) in [5, 5.41) is 6.71. The second-order valence-electron chi connectivity index (χ2n) is 6.94. The van der Waals surface area contributed by atoms with Crippen molar-refractivity contribution in [2.24, 2.45) is 10.2 Å². The van der Waals surface area contributed by atoms with Gasteiger partial charge in [-0.15, -0.1) is 5.11 Å². The van der Waals surface area contributed by atoms with Gasteiger partial charge in [0.25, 0.3) is 0 Å². The van der Waals surface area contributed by atoms with Crippen molar-refractivity contribution in [3.8, 4) is 5.75 Å². The molecule has 0 bridgehead atoms. The average molecular weight is 428 g/mol. The molecule has 0 saturated heterocycles. The largest absolute Gasteiger partial charge is 0.494 e. The van der Waals surface area contributed by atoms with Gasteiger partial charge < -0.3 is 4.74 Å². The molecular weight excluding hydrogens is 403 g/mol. The quantitative estimate of drug-likeness (QED) is 0.110. The number of azo groups is 1. The zero-order chi connectivity index (χ0) is 21.9. The summed E-state index contributed by atoms with van der Waals surface area (Å²) in [6.45, 7) is 2.76. The minimum absolute atomic E-state index is 0.179. The monoisotopic (exact) mass is 428 g/mol. The van der Waals surface area contributed by atoms with Crippen LogP contribution in [0.3, 0.4) is 0 Å². The van der Waals surface area contributed by atoms with Crippen LogP contribution >= 0.6 is 0 Å². The number of hydrogen-bond acceptors (Lipinski definition) is 3. The molecule has 0 fully saturated rings. The van der Waals surface area contributed by atoms with Gasteiger partial charge in [-0.3, -0.25) is 0 Å². The maximum atomic E-state index is 13.6. The number of hydrogen-bond donors (Lipinski definition) is 0. The number of unbranched alkanes of at least 4 members (excludes halogenated alkanes) is 7. The highest BCUT2D eigenvalue weighted by Crippen LogP contribution is 2.31. The second kappa shape index (κ2) is 12.2. The normalized spacial score (nSPS) is 11.4. The van der Waals surface area contributed by atoms with Crippen molar-refractivity contribution in [2.75, 3.05) is 6.61 Å². The fraction of sp³-hybridized carbons (Fsp3) is 0.455. The summed E-state index contributed by atoms with van der Waals surface area (Å²) in [5.41, 5.74) is -1.15. The van der Waals surface area contributed by atoms with Crippen LogP contribution < -0.4 is 4.74 Å². The van der Waals surface area contributed by atoms with Crippen molar-refractivity contribution in [1.29, 1.82) is 0 Å². The first kappa shape index (κ1) is 23.8. The summed E-state index contributed by atoms with van der Waals surface area (Å²) >= 11 is 0. The van der Waals surface area contributed by atoms with E-state index in [2.05, 4.69) is 17.2 Å². The van der Waals surface area contributed by atoms with Crippen LogP contribution in [0.15, 0.2) is 34.5 Å². The molecule has 0 radical (unpaired) electrons. The SMILES string of the molecule is CCCCCCCCCCOc1ccc(N=Nc2c(F)c(F)c(F)c(F)c2F)cc1.